The minimum atomic E-state index is -0.768. The van der Waals surface area contributed by atoms with Crippen LogP contribution in [0.1, 0.15) is 27.1 Å². The van der Waals surface area contributed by atoms with Gasteiger partial charge in [-0.1, -0.05) is 36.4 Å². The van der Waals surface area contributed by atoms with Crippen molar-refractivity contribution in [2.75, 3.05) is 18.6 Å². The minimum absolute atomic E-state index is 0.0750. The van der Waals surface area contributed by atoms with Gasteiger partial charge in [0.1, 0.15) is 5.75 Å². The van der Waals surface area contributed by atoms with Crippen molar-refractivity contribution in [1.29, 1.82) is 0 Å². The number of hydrogen-bond acceptors (Lipinski definition) is 6. The van der Waals surface area contributed by atoms with Crippen LogP contribution in [0, 0.1) is 23.7 Å². The molecule has 0 spiro atoms. The van der Waals surface area contributed by atoms with Crippen molar-refractivity contribution in [3.8, 4) is 5.75 Å². The number of rotatable bonds is 6. The summed E-state index contributed by atoms with van der Waals surface area (Å²) in [5, 5.41) is 0. The third-order valence-electron chi connectivity index (χ3n) is 6.56. The maximum absolute atomic E-state index is 13.1. The van der Waals surface area contributed by atoms with Crippen molar-refractivity contribution in [2.45, 2.75) is 6.42 Å². The van der Waals surface area contributed by atoms with Gasteiger partial charge in [-0.15, -0.1) is 0 Å². The number of para-hydroxylation sites is 1. The molecular formula is C25H21NO6. The SMILES string of the molecule is COc1cccc(C(=O)COC(=O)c2ccccc2N2C(=O)[C@H]3[C@H](C2=O)[C@H]2C=C[C@H]3C2)c1. The first kappa shape index (κ1) is 20.2. The number of carbonyl (C=O) groups excluding carboxylic acids is 4. The summed E-state index contributed by atoms with van der Waals surface area (Å²) in [4.78, 5) is 52.6. The molecule has 1 saturated carbocycles. The van der Waals surface area contributed by atoms with Crippen LogP contribution in [0.2, 0.25) is 0 Å². The number of esters is 1. The number of anilines is 1. The van der Waals surface area contributed by atoms with Gasteiger partial charge in [0.15, 0.2) is 12.4 Å². The molecule has 2 aliphatic carbocycles. The second-order valence-corrected chi connectivity index (χ2v) is 8.26. The van der Waals surface area contributed by atoms with E-state index in [1.807, 2.05) is 12.2 Å². The number of ether oxygens (including phenoxy) is 2. The molecule has 3 aliphatic rings. The first-order valence-electron chi connectivity index (χ1n) is 10.5. The third-order valence-corrected chi connectivity index (χ3v) is 6.56. The summed E-state index contributed by atoms with van der Waals surface area (Å²) in [6.45, 7) is -0.471. The van der Waals surface area contributed by atoms with Crippen LogP contribution in [0.4, 0.5) is 5.69 Å². The molecule has 32 heavy (non-hydrogen) atoms. The zero-order chi connectivity index (χ0) is 22.4. The third kappa shape index (κ3) is 3.12. The van der Waals surface area contributed by atoms with Crippen molar-refractivity contribution in [3.05, 3.63) is 71.8 Å². The van der Waals surface area contributed by atoms with Crippen molar-refractivity contribution < 1.29 is 28.7 Å². The van der Waals surface area contributed by atoms with E-state index in [2.05, 4.69) is 0 Å². The zero-order valence-electron chi connectivity index (χ0n) is 17.4. The second-order valence-electron chi connectivity index (χ2n) is 8.26. The Labute approximate surface area is 184 Å². The molecule has 2 amide bonds. The standard InChI is InChI=1S/C25H21NO6/c1-31-17-6-4-5-14(12-17)20(27)13-32-25(30)18-7-2-3-8-19(18)26-23(28)21-15-9-10-16(11-15)22(21)24(26)29/h2-10,12,15-16,21-22H,11,13H2,1H3/t15-,16-,21+,22+/m0/s1. The van der Waals surface area contributed by atoms with Gasteiger partial charge in [-0.2, -0.15) is 0 Å². The number of benzene rings is 2. The van der Waals surface area contributed by atoms with Crippen molar-refractivity contribution in [1.82, 2.24) is 0 Å². The summed E-state index contributed by atoms with van der Waals surface area (Å²) >= 11 is 0. The molecule has 4 atom stereocenters. The van der Waals surface area contributed by atoms with E-state index in [-0.39, 0.29) is 52.5 Å². The lowest BCUT2D eigenvalue weighted by atomic mass is 9.85. The maximum Gasteiger partial charge on any atom is 0.340 e. The molecule has 2 aromatic rings. The molecule has 2 bridgehead atoms. The van der Waals surface area contributed by atoms with Crippen LogP contribution in [-0.2, 0) is 14.3 Å². The molecule has 5 rings (SSSR count). The van der Waals surface area contributed by atoms with Crippen LogP contribution in [0.25, 0.3) is 0 Å². The van der Waals surface area contributed by atoms with Gasteiger partial charge in [0.2, 0.25) is 11.8 Å². The highest BCUT2D eigenvalue weighted by molar-refractivity contribution is 6.24. The average Bonchev–Trinajstić information content (AvgIpc) is 3.51. The summed E-state index contributed by atoms with van der Waals surface area (Å²) in [6.07, 6.45) is 4.87. The number of fused-ring (bicyclic) bond motifs is 5. The molecule has 1 aliphatic heterocycles. The van der Waals surface area contributed by atoms with Gasteiger partial charge in [0.05, 0.1) is 30.2 Å². The molecule has 1 heterocycles. The fraction of sp³-hybridized carbons (Fsp3) is 0.280. The second kappa shape index (κ2) is 7.75. The van der Waals surface area contributed by atoms with Crippen LogP contribution >= 0.6 is 0 Å². The van der Waals surface area contributed by atoms with Crippen molar-refractivity contribution in [3.63, 3.8) is 0 Å². The van der Waals surface area contributed by atoms with Gasteiger partial charge >= 0.3 is 5.97 Å². The van der Waals surface area contributed by atoms with Gasteiger partial charge in [-0.25, -0.2) is 9.69 Å². The van der Waals surface area contributed by atoms with Crippen molar-refractivity contribution >= 4 is 29.3 Å². The fourth-order valence-electron chi connectivity index (χ4n) is 5.07. The first-order valence-corrected chi connectivity index (χ1v) is 10.5. The number of Topliss-reactive ketones (excluding diaryl/α,β-unsaturated/α-hetero) is 1. The van der Waals surface area contributed by atoms with E-state index in [1.54, 1.807) is 42.5 Å². The predicted octanol–water partition coefficient (Wildman–Crippen LogP) is 3.05. The number of hydrogen-bond donors (Lipinski definition) is 0. The van der Waals surface area contributed by atoms with Gasteiger partial charge in [-0.05, 0) is 42.5 Å². The largest absolute Gasteiger partial charge is 0.497 e. The minimum Gasteiger partial charge on any atom is -0.497 e. The molecule has 0 unspecified atom stereocenters. The molecule has 0 radical (unpaired) electrons. The zero-order valence-corrected chi connectivity index (χ0v) is 17.4. The van der Waals surface area contributed by atoms with E-state index in [0.29, 0.717) is 11.3 Å². The van der Waals surface area contributed by atoms with Crippen LogP contribution in [-0.4, -0.2) is 37.3 Å². The Balaban J connectivity index is 1.35. The summed E-state index contributed by atoms with van der Waals surface area (Å²) in [5.41, 5.74) is 0.634. The Hall–Kier alpha value is -3.74. The molecule has 0 aromatic heterocycles. The predicted molar refractivity (Wildman–Crippen MR) is 114 cm³/mol. The van der Waals surface area contributed by atoms with Gasteiger partial charge < -0.3 is 9.47 Å². The average molecular weight is 431 g/mol. The monoisotopic (exact) mass is 431 g/mol. The number of carbonyl (C=O) groups is 4. The molecule has 7 heteroatoms. The Kier molecular flexibility index (Phi) is 4.89. The fourth-order valence-corrected chi connectivity index (χ4v) is 5.07. The van der Waals surface area contributed by atoms with Gasteiger partial charge in [0.25, 0.3) is 0 Å². The number of ketones is 1. The highest BCUT2D eigenvalue weighted by Gasteiger charge is 2.59. The van der Waals surface area contributed by atoms with E-state index in [9.17, 15) is 19.2 Å². The van der Waals surface area contributed by atoms with Crippen LogP contribution in [0.5, 0.6) is 5.75 Å². The Morgan fingerprint density at radius 1 is 0.969 bits per heavy atom. The lowest BCUT2D eigenvalue weighted by molar-refractivity contribution is -0.123. The number of methoxy groups -OCH3 is 1. The first-order chi connectivity index (χ1) is 15.5. The quantitative estimate of drug-likeness (QED) is 0.302. The molecular weight excluding hydrogens is 410 g/mol. The highest BCUT2D eigenvalue weighted by Crippen LogP contribution is 2.53. The lowest BCUT2D eigenvalue weighted by Gasteiger charge is -2.20. The van der Waals surface area contributed by atoms with Gasteiger partial charge in [0, 0.05) is 5.56 Å². The Morgan fingerprint density at radius 3 is 2.34 bits per heavy atom. The molecule has 0 N–H and O–H groups in total. The summed E-state index contributed by atoms with van der Waals surface area (Å²) in [7, 11) is 1.50. The van der Waals surface area contributed by atoms with E-state index >= 15 is 0 Å². The van der Waals surface area contributed by atoms with E-state index in [0.717, 1.165) is 11.3 Å². The van der Waals surface area contributed by atoms with E-state index in [1.165, 1.54) is 13.2 Å². The number of amides is 2. The number of nitrogens with zero attached hydrogens (tertiary/aromatic N) is 1. The number of allylic oxidation sites excluding steroid dienone is 2. The lowest BCUT2D eigenvalue weighted by Crippen LogP contribution is -2.34. The summed E-state index contributed by atoms with van der Waals surface area (Å²) < 4.78 is 10.4. The topological polar surface area (TPSA) is 90.0 Å². The molecule has 2 aromatic carbocycles. The summed E-state index contributed by atoms with van der Waals surface area (Å²) in [6, 6.07) is 12.9. The Morgan fingerprint density at radius 2 is 1.66 bits per heavy atom. The van der Waals surface area contributed by atoms with E-state index in [4.69, 9.17) is 9.47 Å². The van der Waals surface area contributed by atoms with Crippen LogP contribution in [0.3, 0.4) is 0 Å². The smallest absolute Gasteiger partial charge is 0.340 e. The highest BCUT2D eigenvalue weighted by atomic mass is 16.5. The summed E-state index contributed by atoms with van der Waals surface area (Å²) in [5.74, 6) is -1.76. The van der Waals surface area contributed by atoms with E-state index < -0.39 is 12.6 Å². The maximum atomic E-state index is 13.1. The van der Waals surface area contributed by atoms with Crippen LogP contribution in [0.15, 0.2) is 60.7 Å². The Bertz CT molecular complexity index is 1140. The number of imide groups is 1. The molecule has 1 saturated heterocycles. The van der Waals surface area contributed by atoms with Crippen molar-refractivity contribution in [2.24, 2.45) is 23.7 Å². The molecule has 162 valence electrons. The van der Waals surface area contributed by atoms with Crippen LogP contribution < -0.4 is 9.64 Å². The molecule has 7 nitrogen and oxygen atoms in total. The molecule has 2 fully saturated rings. The van der Waals surface area contributed by atoms with Gasteiger partial charge in [-0.3, -0.25) is 14.4 Å². The normalized spacial score (nSPS) is 25.2.